The van der Waals surface area contributed by atoms with Gasteiger partial charge in [-0.25, -0.2) is 0 Å². The van der Waals surface area contributed by atoms with Crippen LogP contribution in [0.4, 0.5) is 0 Å². The average molecular weight is 162 g/mol. The summed E-state index contributed by atoms with van der Waals surface area (Å²) in [5.41, 5.74) is 0. The highest BCUT2D eigenvalue weighted by molar-refractivity contribution is 9.09. The molecule has 1 nitrogen and oxygen atoms in total. The number of rotatable bonds is 0. The van der Waals surface area contributed by atoms with Gasteiger partial charge in [0.1, 0.15) is 0 Å². The van der Waals surface area contributed by atoms with E-state index in [0.29, 0.717) is 0 Å². The SMILES string of the molecule is BrC1[C@H]2CNC[C@@H]12. The lowest BCUT2D eigenvalue weighted by Crippen LogP contribution is -2.14. The van der Waals surface area contributed by atoms with Gasteiger partial charge in [0.05, 0.1) is 0 Å². The van der Waals surface area contributed by atoms with E-state index in [1.165, 1.54) is 13.1 Å². The van der Waals surface area contributed by atoms with Gasteiger partial charge in [-0.15, -0.1) is 0 Å². The van der Waals surface area contributed by atoms with Crippen molar-refractivity contribution in [2.75, 3.05) is 13.1 Å². The fraction of sp³-hybridized carbons (Fsp3) is 1.00. The Hall–Kier alpha value is 0.440. The summed E-state index contributed by atoms with van der Waals surface area (Å²) in [6.07, 6.45) is 0. The Morgan fingerprint density at radius 1 is 1.29 bits per heavy atom. The van der Waals surface area contributed by atoms with Gasteiger partial charge in [0, 0.05) is 4.83 Å². The Balaban J connectivity index is 2.06. The topological polar surface area (TPSA) is 12.0 Å². The molecule has 2 rings (SSSR count). The summed E-state index contributed by atoms with van der Waals surface area (Å²) in [7, 11) is 0. The number of alkyl halides is 1. The zero-order valence-electron chi connectivity index (χ0n) is 4.02. The highest BCUT2D eigenvalue weighted by Gasteiger charge is 2.50. The Morgan fingerprint density at radius 2 is 1.86 bits per heavy atom. The van der Waals surface area contributed by atoms with Crippen LogP contribution >= 0.6 is 15.9 Å². The molecule has 2 fully saturated rings. The van der Waals surface area contributed by atoms with E-state index >= 15 is 0 Å². The molecule has 0 aromatic heterocycles. The first-order chi connectivity index (χ1) is 3.39. The van der Waals surface area contributed by atoms with Crippen LogP contribution in [0.1, 0.15) is 0 Å². The molecule has 0 spiro atoms. The second kappa shape index (κ2) is 1.23. The maximum absolute atomic E-state index is 3.59. The molecule has 1 aliphatic heterocycles. The molecule has 40 valence electrons. The van der Waals surface area contributed by atoms with E-state index in [0.717, 1.165) is 16.7 Å². The molecule has 0 amide bonds. The molecule has 7 heavy (non-hydrogen) atoms. The van der Waals surface area contributed by atoms with Crippen LogP contribution in [-0.4, -0.2) is 17.9 Å². The van der Waals surface area contributed by atoms with E-state index < -0.39 is 0 Å². The highest BCUT2D eigenvalue weighted by Crippen LogP contribution is 2.47. The lowest BCUT2D eigenvalue weighted by molar-refractivity contribution is 0.741. The minimum atomic E-state index is 0.869. The Labute approximate surface area is 51.6 Å². The molecule has 1 saturated carbocycles. The third-order valence-electron chi connectivity index (χ3n) is 1.99. The number of hydrogen-bond donors (Lipinski definition) is 1. The maximum Gasteiger partial charge on any atom is 0.0233 e. The predicted molar refractivity (Wildman–Crippen MR) is 32.6 cm³/mol. The van der Waals surface area contributed by atoms with E-state index in [9.17, 15) is 0 Å². The van der Waals surface area contributed by atoms with Gasteiger partial charge >= 0.3 is 0 Å². The van der Waals surface area contributed by atoms with Gasteiger partial charge in [-0.3, -0.25) is 0 Å². The summed E-state index contributed by atoms with van der Waals surface area (Å²) in [5.74, 6) is 1.97. The van der Waals surface area contributed by atoms with Crippen molar-refractivity contribution in [3.63, 3.8) is 0 Å². The Bertz CT molecular complexity index is 84.1. The van der Waals surface area contributed by atoms with Crippen molar-refractivity contribution in [1.29, 1.82) is 0 Å². The van der Waals surface area contributed by atoms with Crippen molar-refractivity contribution in [2.45, 2.75) is 4.83 Å². The largest absolute Gasteiger partial charge is 0.316 e. The molecule has 2 heteroatoms. The summed E-state index contributed by atoms with van der Waals surface area (Å²) in [6.45, 7) is 2.50. The number of hydrogen-bond acceptors (Lipinski definition) is 1. The first-order valence-electron chi connectivity index (χ1n) is 2.74. The van der Waals surface area contributed by atoms with Gasteiger partial charge in [0.25, 0.3) is 0 Å². The standard InChI is InChI=1S/C5H8BrN/c6-5-3-1-7-2-4(3)5/h3-5,7H,1-2H2/t3-,4+,5?. The number of halogens is 1. The quantitative estimate of drug-likeness (QED) is 0.514. The van der Waals surface area contributed by atoms with Gasteiger partial charge in [-0.05, 0) is 24.9 Å². The number of nitrogens with one attached hydrogen (secondary N) is 1. The minimum Gasteiger partial charge on any atom is -0.316 e. The first kappa shape index (κ1) is 4.33. The maximum atomic E-state index is 3.59. The second-order valence-electron chi connectivity index (χ2n) is 2.43. The van der Waals surface area contributed by atoms with Crippen LogP contribution in [0.15, 0.2) is 0 Å². The smallest absolute Gasteiger partial charge is 0.0233 e. The molecule has 1 heterocycles. The zero-order valence-corrected chi connectivity index (χ0v) is 5.61. The van der Waals surface area contributed by atoms with E-state index in [1.54, 1.807) is 0 Å². The van der Waals surface area contributed by atoms with Crippen molar-refractivity contribution in [3.8, 4) is 0 Å². The Morgan fingerprint density at radius 3 is 2.14 bits per heavy atom. The predicted octanol–water partition coefficient (Wildman–Crippen LogP) is 0.599. The van der Waals surface area contributed by atoms with Crippen LogP contribution in [0.25, 0.3) is 0 Å². The summed E-state index contributed by atoms with van der Waals surface area (Å²) < 4.78 is 0. The fourth-order valence-electron chi connectivity index (χ4n) is 1.34. The van der Waals surface area contributed by atoms with Crippen LogP contribution in [-0.2, 0) is 0 Å². The fourth-order valence-corrected chi connectivity index (χ4v) is 2.32. The summed E-state index contributed by atoms with van der Waals surface area (Å²) >= 11 is 3.59. The summed E-state index contributed by atoms with van der Waals surface area (Å²) in [5, 5.41) is 3.32. The third kappa shape index (κ3) is 0.470. The van der Waals surface area contributed by atoms with Gasteiger partial charge in [0.15, 0.2) is 0 Å². The van der Waals surface area contributed by atoms with Gasteiger partial charge < -0.3 is 5.32 Å². The van der Waals surface area contributed by atoms with Crippen LogP contribution in [0, 0.1) is 11.8 Å². The van der Waals surface area contributed by atoms with E-state index in [2.05, 4.69) is 21.2 Å². The molecular weight excluding hydrogens is 154 g/mol. The van der Waals surface area contributed by atoms with Crippen molar-refractivity contribution >= 4 is 15.9 Å². The summed E-state index contributed by atoms with van der Waals surface area (Å²) in [4.78, 5) is 0.869. The third-order valence-corrected chi connectivity index (χ3v) is 3.35. The molecule has 1 aliphatic carbocycles. The second-order valence-corrected chi connectivity index (χ2v) is 3.49. The molecule has 1 unspecified atom stereocenters. The van der Waals surface area contributed by atoms with E-state index in [1.807, 2.05) is 0 Å². The molecule has 1 saturated heterocycles. The molecule has 0 bridgehead atoms. The molecular formula is C5H8BrN. The molecule has 2 aliphatic rings. The normalized spacial score (nSPS) is 57.0. The highest BCUT2D eigenvalue weighted by atomic mass is 79.9. The van der Waals surface area contributed by atoms with Crippen molar-refractivity contribution < 1.29 is 0 Å². The average Bonchev–Trinajstić information content (AvgIpc) is 2.26. The van der Waals surface area contributed by atoms with Crippen LogP contribution < -0.4 is 5.32 Å². The van der Waals surface area contributed by atoms with Gasteiger partial charge in [-0.2, -0.15) is 0 Å². The molecule has 0 radical (unpaired) electrons. The van der Waals surface area contributed by atoms with Crippen LogP contribution in [0.2, 0.25) is 0 Å². The van der Waals surface area contributed by atoms with Crippen molar-refractivity contribution in [1.82, 2.24) is 5.32 Å². The van der Waals surface area contributed by atoms with Crippen LogP contribution in [0.5, 0.6) is 0 Å². The van der Waals surface area contributed by atoms with Gasteiger partial charge in [-0.1, -0.05) is 15.9 Å². The lowest BCUT2D eigenvalue weighted by Gasteiger charge is -1.92. The first-order valence-corrected chi connectivity index (χ1v) is 3.66. The van der Waals surface area contributed by atoms with Crippen LogP contribution in [0.3, 0.4) is 0 Å². The van der Waals surface area contributed by atoms with E-state index in [-0.39, 0.29) is 0 Å². The molecule has 0 aromatic carbocycles. The van der Waals surface area contributed by atoms with E-state index in [4.69, 9.17) is 0 Å². The van der Waals surface area contributed by atoms with Crippen molar-refractivity contribution in [2.24, 2.45) is 11.8 Å². The van der Waals surface area contributed by atoms with Gasteiger partial charge in [0.2, 0.25) is 0 Å². The van der Waals surface area contributed by atoms with Crippen molar-refractivity contribution in [3.05, 3.63) is 0 Å². The zero-order chi connectivity index (χ0) is 4.85. The minimum absolute atomic E-state index is 0.869. The number of fused-ring (bicyclic) bond motifs is 1. The monoisotopic (exact) mass is 161 g/mol. The molecule has 3 atom stereocenters. The number of piperidine rings is 1. The summed E-state index contributed by atoms with van der Waals surface area (Å²) in [6, 6.07) is 0. The Kier molecular flexibility index (Phi) is 0.762. The molecule has 1 N–H and O–H groups in total. The lowest BCUT2D eigenvalue weighted by atomic mass is 10.4. The molecule has 0 aromatic rings.